The van der Waals surface area contributed by atoms with Crippen LogP contribution in [0, 0.1) is 0 Å². The second-order valence-corrected chi connectivity index (χ2v) is 7.78. The number of anilines is 1. The predicted molar refractivity (Wildman–Crippen MR) is 118 cm³/mol. The molecule has 0 unspecified atom stereocenters. The van der Waals surface area contributed by atoms with Gasteiger partial charge in [0.1, 0.15) is 5.75 Å². The third-order valence-corrected chi connectivity index (χ3v) is 5.86. The monoisotopic (exact) mass is 409 g/mol. The number of ether oxygens (including phenoxy) is 1. The Morgan fingerprint density at radius 1 is 1.00 bits per heavy atom. The highest BCUT2D eigenvalue weighted by Crippen LogP contribution is 2.19. The molecule has 0 spiro atoms. The molecule has 6 heteroatoms. The highest BCUT2D eigenvalue weighted by molar-refractivity contribution is 7.13. The SMILES string of the molecule is CCc1ccc(OCCCCCCN2CCN(c3nccs3)CC2)cc1.Cl. The van der Waals surface area contributed by atoms with E-state index in [-0.39, 0.29) is 12.4 Å². The molecule has 0 N–H and O–H groups in total. The summed E-state index contributed by atoms with van der Waals surface area (Å²) in [5.41, 5.74) is 1.37. The lowest BCUT2D eigenvalue weighted by Gasteiger charge is -2.34. The molecule has 4 nitrogen and oxygen atoms in total. The Kier molecular flexibility index (Phi) is 9.95. The number of rotatable bonds is 10. The molecule has 2 heterocycles. The average molecular weight is 410 g/mol. The second-order valence-electron chi connectivity index (χ2n) is 6.90. The highest BCUT2D eigenvalue weighted by Gasteiger charge is 2.17. The van der Waals surface area contributed by atoms with E-state index in [2.05, 4.69) is 51.4 Å². The van der Waals surface area contributed by atoms with Gasteiger partial charge in [0.25, 0.3) is 0 Å². The molecule has 2 aromatic rings. The van der Waals surface area contributed by atoms with Gasteiger partial charge >= 0.3 is 0 Å². The van der Waals surface area contributed by atoms with Gasteiger partial charge in [0, 0.05) is 37.8 Å². The zero-order valence-electron chi connectivity index (χ0n) is 16.3. The van der Waals surface area contributed by atoms with Crippen LogP contribution in [0.25, 0.3) is 0 Å². The van der Waals surface area contributed by atoms with Gasteiger partial charge in [-0.25, -0.2) is 4.98 Å². The summed E-state index contributed by atoms with van der Waals surface area (Å²) < 4.78 is 5.83. The Labute approximate surface area is 174 Å². The molecule has 1 aromatic heterocycles. The third-order valence-electron chi connectivity index (χ3n) is 5.03. The molecule has 150 valence electrons. The number of aromatic nitrogens is 1. The largest absolute Gasteiger partial charge is 0.494 e. The first-order chi connectivity index (χ1) is 12.8. The lowest BCUT2D eigenvalue weighted by atomic mass is 10.1. The Bertz CT molecular complexity index is 613. The maximum atomic E-state index is 5.83. The van der Waals surface area contributed by atoms with Crippen LogP contribution in [-0.2, 0) is 6.42 Å². The van der Waals surface area contributed by atoms with Crippen molar-refractivity contribution in [1.82, 2.24) is 9.88 Å². The molecule has 1 aliphatic heterocycles. The summed E-state index contributed by atoms with van der Waals surface area (Å²) in [5.74, 6) is 1.00. The van der Waals surface area contributed by atoms with Crippen molar-refractivity contribution in [3.63, 3.8) is 0 Å². The fourth-order valence-electron chi connectivity index (χ4n) is 3.34. The van der Waals surface area contributed by atoms with E-state index in [1.807, 2.05) is 6.20 Å². The number of benzene rings is 1. The van der Waals surface area contributed by atoms with Crippen LogP contribution in [0.1, 0.15) is 38.2 Å². The van der Waals surface area contributed by atoms with E-state index in [0.29, 0.717) is 0 Å². The number of halogens is 1. The number of nitrogens with zero attached hydrogens (tertiary/aromatic N) is 3. The summed E-state index contributed by atoms with van der Waals surface area (Å²) in [6, 6.07) is 8.49. The lowest BCUT2D eigenvalue weighted by molar-refractivity contribution is 0.249. The van der Waals surface area contributed by atoms with Gasteiger partial charge in [-0.05, 0) is 43.5 Å². The van der Waals surface area contributed by atoms with Gasteiger partial charge in [-0.1, -0.05) is 31.9 Å². The van der Waals surface area contributed by atoms with E-state index >= 15 is 0 Å². The molecule has 0 radical (unpaired) electrons. The fourth-order valence-corrected chi connectivity index (χ4v) is 4.03. The first kappa shape index (κ1) is 22.0. The smallest absolute Gasteiger partial charge is 0.185 e. The van der Waals surface area contributed by atoms with E-state index in [0.717, 1.165) is 51.4 Å². The van der Waals surface area contributed by atoms with Gasteiger partial charge in [0.15, 0.2) is 5.13 Å². The first-order valence-corrected chi connectivity index (χ1v) is 10.8. The molecule has 0 amide bonds. The van der Waals surface area contributed by atoms with Crippen molar-refractivity contribution in [3.05, 3.63) is 41.4 Å². The molecular formula is C21H32ClN3OS. The average Bonchev–Trinajstić information content (AvgIpc) is 3.23. The summed E-state index contributed by atoms with van der Waals surface area (Å²) in [7, 11) is 0. The maximum absolute atomic E-state index is 5.83. The summed E-state index contributed by atoms with van der Waals surface area (Å²) >= 11 is 1.74. The Balaban J connectivity index is 0.00000261. The number of piperazine rings is 1. The quantitative estimate of drug-likeness (QED) is 0.522. The Hall–Kier alpha value is -1.30. The summed E-state index contributed by atoms with van der Waals surface area (Å²) in [5, 5.41) is 3.24. The predicted octanol–water partition coefficient (Wildman–Crippen LogP) is 4.89. The van der Waals surface area contributed by atoms with Crippen LogP contribution in [0.15, 0.2) is 35.8 Å². The molecule has 3 rings (SSSR count). The molecule has 1 aromatic carbocycles. The fraction of sp³-hybridized carbons (Fsp3) is 0.571. The van der Waals surface area contributed by atoms with E-state index in [1.165, 1.54) is 36.5 Å². The van der Waals surface area contributed by atoms with Crippen LogP contribution in [0.3, 0.4) is 0 Å². The molecule has 1 saturated heterocycles. The molecule has 1 aliphatic rings. The van der Waals surface area contributed by atoms with Gasteiger partial charge in [0.2, 0.25) is 0 Å². The zero-order chi connectivity index (χ0) is 18.0. The molecular weight excluding hydrogens is 378 g/mol. The number of aryl methyl sites for hydroxylation is 1. The van der Waals surface area contributed by atoms with Crippen molar-refractivity contribution in [2.45, 2.75) is 39.0 Å². The first-order valence-electron chi connectivity index (χ1n) is 9.93. The van der Waals surface area contributed by atoms with E-state index < -0.39 is 0 Å². The van der Waals surface area contributed by atoms with Crippen molar-refractivity contribution in [2.24, 2.45) is 0 Å². The molecule has 27 heavy (non-hydrogen) atoms. The van der Waals surface area contributed by atoms with Crippen LogP contribution in [0.4, 0.5) is 5.13 Å². The van der Waals surface area contributed by atoms with Crippen LogP contribution < -0.4 is 9.64 Å². The van der Waals surface area contributed by atoms with Crippen LogP contribution in [-0.4, -0.2) is 49.2 Å². The summed E-state index contributed by atoms with van der Waals surface area (Å²) in [6.07, 6.45) is 7.98. The highest BCUT2D eigenvalue weighted by atomic mass is 35.5. The second kappa shape index (κ2) is 12.2. The van der Waals surface area contributed by atoms with E-state index in [9.17, 15) is 0 Å². The zero-order valence-corrected chi connectivity index (χ0v) is 17.9. The molecule has 1 fully saturated rings. The van der Waals surface area contributed by atoms with Gasteiger partial charge in [-0.3, -0.25) is 4.90 Å². The third kappa shape index (κ3) is 7.32. The number of hydrogen-bond acceptors (Lipinski definition) is 5. The molecule has 0 aliphatic carbocycles. The minimum atomic E-state index is 0. The minimum Gasteiger partial charge on any atom is -0.494 e. The van der Waals surface area contributed by atoms with Crippen molar-refractivity contribution in [2.75, 3.05) is 44.2 Å². The molecule has 0 atom stereocenters. The Morgan fingerprint density at radius 3 is 2.41 bits per heavy atom. The van der Waals surface area contributed by atoms with E-state index in [4.69, 9.17) is 4.74 Å². The summed E-state index contributed by atoms with van der Waals surface area (Å²) in [4.78, 5) is 9.41. The maximum Gasteiger partial charge on any atom is 0.185 e. The van der Waals surface area contributed by atoms with Crippen LogP contribution in [0.5, 0.6) is 5.75 Å². The minimum absolute atomic E-state index is 0. The van der Waals surface area contributed by atoms with Gasteiger partial charge in [-0.2, -0.15) is 0 Å². The van der Waals surface area contributed by atoms with Crippen molar-refractivity contribution in [3.8, 4) is 5.75 Å². The standard InChI is InChI=1S/C21H31N3OS.ClH/c1-2-19-7-9-20(10-8-19)25-17-6-4-3-5-12-23-13-15-24(16-14-23)21-22-11-18-26-21;/h7-11,18H,2-6,12-17H2,1H3;1H. The van der Waals surface area contributed by atoms with Crippen LogP contribution >= 0.6 is 23.7 Å². The van der Waals surface area contributed by atoms with Crippen LogP contribution in [0.2, 0.25) is 0 Å². The van der Waals surface area contributed by atoms with Crippen molar-refractivity contribution in [1.29, 1.82) is 0 Å². The number of thiazole rings is 1. The summed E-state index contributed by atoms with van der Waals surface area (Å²) in [6.45, 7) is 8.78. The molecule has 0 bridgehead atoms. The molecule has 0 saturated carbocycles. The number of unbranched alkanes of at least 4 members (excludes halogenated alkanes) is 3. The Morgan fingerprint density at radius 2 is 1.74 bits per heavy atom. The van der Waals surface area contributed by atoms with Gasteiger partial charge in [-0.15, -0.1) is 23.7 Å². The topological polar surface area (TPSA) is 28.6 Å². The lowest BCUT2D eigenvalue weighted by Crippen LogP contribution is -2.46. The van der Waals surface area contributed by atoms with E-state index in [1.54, 1.807) is 11.3 Å². The number of hydrogen-bond donors (Lipinski definition) is 0. The van der Waals surface area contributed by atoms with Gasteiger partial charge in [0.05, 0.1) is 6.61 Å². The van der Waals surface area contributed by atoms with Gasteiger partial charge < -0.3 is 9.64 Å². The van der Waals surface area contributed by atoms with Crippen molar-refractivity contribution >= 4 is 28.9 Å². The van der Waals surface area contributed by atoms with Crippen molar-refractivity contribution < 1.29 is 4.74 Å². The normalized spacial score (nSPS) is 14.8.